The second-order valence-electron chi connectivity index (χ2n) is 13.3. The molecule has 0 heterocycles. The molecule has 0 aliphatic heterocycles. The van der Waals surface area contributed by atoms with Crippen LogP contribution in [0.15, 0.2) is 0 Å². The first-order valence-corrected chi connectivity index (χ1v) is 15.7. The lowest BCUT2D eigenvalue weighted by atomic mass is 8.25. The largest absolute Gasteiger partial charge is 0.729 e. The van der Waals surface area contributed by atoms with E-state index >= 15 is 0 Å². The number of hydrogen-bond donors (Lipinski definition) is 0. The summed E-state index contributed by atoms with van der Waals surface area (Å²) in [6.45, 7) is 0. The highest BCUT2D eigenvalue weighted by atomic mass is 13.4. The maximum Gasteiger partial charge on any atom is -0.000000000000163 e. The van der Waals surface area contributed by atoms with Gasteiger partial charge in [-0.1, -0.05) is 12.8 Å². The molecule has 0 aromatic heterocycles. The Hall–Kier alpha value is 3.12. The molecule has 0 amide bonds. The van der Waals surface area contributed by atoms with Crippen molar-refractivity contribution in [1.82, 2.24) is 0 Å². The Labute approximate surface area is 337 Å². The van der Waals surface area contributed by atoms with Crippen molar-refractivity contribution < 1.29 is 0 Å². The van der Waals surface area contributed by atoms with Crippen LogP contribution in [0.1, 0.15) is 0 Å². The van der Waals surface area contributed by atoms with E-state index < -0.39 is 147 Å². The third kappa shape index (κ3) is 13.7. The van der Waals surface area contributed by atoms with Crippen LogP contribution in [-0.4, -0.2) is 340 Å². The first kappa shape index (κ1) is 51.1. The maximum absolute atomic E-state index is 6.65. The van der Waals surface area contributed by atoms with Crippen LogP contribution in [0.5, 0.6) is 0 Å². The minimum atomic E-state index is -1.34. The molecule has 54 radical (unpaired) electrons. The van der Waals surface area contributed by atoms with Crippen LogP contribution in [0.3, 0.4) is 0 Å². The fourth-order valence-electron chi connectivity index (χ4n) is 7.95. The summed E-state index contributed by atoms with van der Waals surface area (Å²) in [7, 11) is 160. The average Bonchev–Trinajstić information content (AvgIpc) is 2.86. The SMILES string of the molecule is [B]B([B])B(B([B])[B])B(B(B([B])[B])B([B])[B])B(B(B(B([B])[B])B([B])[B])B(B([B])[B])B([B-])[B-])B(B(B([B])[B])B([B])[B])B(B([B])[B])B([B])B([B-])[B-]. The third-order valence-corrected chi connectivity index (χ3v) is 9.78. The Balaban J connectivity index is 9.31. The van der Waals surface area contributed by atoms with E-state index in [1.165, 1.54) is 0 Å². The minimum absolute atomic E-state index is 1.18. The molecule has 48 heteroatoms. The quantitative estimate of drug-likeness (QED) is 0.125. The topological polar surface area (TPSA) is 0 Å². The Kier molecular flexibility index (Phi) is 24.8. The molecule has 0 bridgehead atoms. The Morgan fingerprint density at radius 1 is 0.188 bits per heavy atom. The van der Waals surface area contributed by atoms with Gasteiger partial charge in [0.15, 0.2) is 0 Å². The van der Waals surface area contributed by atoms with Gasteiger partial charge in [-0.05, 0) is 284 Å². The van der Waals surface area contributed by atoms with E-state index in [4.69, 9.17) is 193 Å². The molecule has 0 N–H and O–H groups in total. The van der Waals surface area contributed by atoms with E-state index in [0.29, 0.717) is 0 Å². The minimum Gasteiger partial charge on any atom is -0.729 e. The predicted octanol–water partition coefficient (Wildman–Crippen LogP) is -18.3. The summed E-state index contributed by atoms with van der Waals surface area (Å²) in [6, 6.07) is 0. The second-order valence-corrected chi connectivity index (χ2v) is 13.3. The average molecular weight is 519 g/mol. The molecule has 0 atom stereocenters. The van der Waals surface area contributed by atoms with Gasteiger partial charge in [0.05, 0.1) is 0 Å². The Bertz CT molecular complexity index is 695. The van der Waals surface area contributed by atoms with Crippen LogP contribution < -0.4 is 0 Å². The normalized spacial score (nSPS) is 9.75. The van der Waals surface area contributed by atoms with E-state index in [1.54, 1.807) is 0 Å². The molecule has 0 spiro atoms. The molecule has 148 valence electrons. The predicted molar refractivity (Wildman–Crippen MR) is 276 cm³/mol. The highest BCUT2D eigenvalue weighted by molar-refractivity contribution is 8.35. The molecule has 0 aliphatic rings. The summed E-state index contributed by atoms with van der Waals surface area (Å²) in [5.41, 5.74) is 0. The van der Waals surface area contributed by atoms with Gasteiger partial charge < -0.3 is 43.7 Å². The standard InChI is InChI=1S/B48/c1-26(2)38(25)44(37(23)24)47(43(35(19)20)36(21)22)48(45(39(27(3)4)28(5)6)40(29(7)8)30(9)10)46(41(31(11)12)32(13)14)42(33(15)16)34(17)18/q-4. The molecule has 0 rings (SSSR count). The summed E-state index contributed by atoms with van der Waals surface area (Å²) >= 11 is 0. The van der Waals surface area contributed by atoms with E-state index in [2.05, 4.69) is 0 Å². The summed E-state index contributed by atoms with van der Waals surface area (Å²) in [6.07, 6.45) is -29.1. The van der Waals surface area contributed by atoms with Crippen molar-refractivity contribution in [2.75, 3.05) is 0 Å². The fraction of sp³-hybridized carbons (Fsp3) is 0. The molecule has 0 nitrogen and oxygen atoms in total. The zero-order valence-electron chi connectivity index (χ0n) is 27.7. The second kappa shape index (κ2) is 23.2. The van der Waals surface area contributed by atoms with Crippen molar-refractivity contribution in [2.24, 2.45) is 0 Å². The van der Waals surface area contributed by atoms with Crippen molar-refractivity contribution in [3.8, 4) is 0 Å². The van der Waals surface area contributed by atoms with E-state index in [9.17, 15) is 0 Å². The van der Waals surface area contributed by atoms with Gasteiger partial charge in [-0.3, -0.25) is 0 Å². The summed E-state index contributed by atoms with van der Waals surface area (Å²) in [4.78, 5) is 0. The lowest BCUT2D eigenvalue weighted by Crippen LogP contribution is -2.94. The van der Waals surface area contributed by atoms with Gasteiger partial charge in [-0.15, -0.1) is 0 Å². The zero-order valence-corrected chi connectivity index (χ0v) is 27.7. The van der Waals surface area contributed by atoms with Crippen molar-refractivity contribution >= 4 is 340 Å². The first-order chi connectivity index (χ1) is 21.8. The van der Waals surface area contributed by atoms with Crippen LogP contribution in [0, 0.1) is 0 Å². The molecule has 0 saturated carbocycles. The maximum atomic E-state index is 6.65. The Morgan fingerprint density at radius 2 is 0.354 bits per heavy atom. The molecule has 0 unspecified atom stereocenters. The molecular weight excluding hydrogens is 519 g/mol. The van der Waals surface area contributed by atoms with Crippen LogP contribution in [0.4, 0.5) is 0 Å². The van der Waals surface area contributed by atoms with Crippen LogP contribution in [0.2, 0.25) is 0 Å². The first-order valence-electron chi connectivity index (χ1n) is 15.7. The molecule has 48 heavy (non-hydrogen) atoms. The number of rotatable bonds is 22. The molecular formula is B48-4. The molecule has 0 fully saturated rings. The molecule has 0 aromatic carbocycles. The molecule has 0 aromatic rings. The van der Waals surface area contributed by atoms with Crippen LogP contribution in [0.25, 0.3) is 0 Å². The van der Waals surface area contributed by atoms with Gasteiger partial charge in [0.2, 0.25) is 0 Å². The third-order valence-electron chi connectivity index (χ3n) is 9.78. The number of hydrogen-bond acceptors (Lipinski definition) is 0. The summed E-state index contributed by atoms with van der Waals surface area (Å²) < 4.78 is 0. The summed E-state index contributed by atoms with van der Waals surface area (Å²) in [5.74, 6) is 0. The van der Waals surface area contributed by atoms with Gasteiger partial charge in [0, 0.05) is 0 Å². The lowest BCUT2D eigenvalue weighted by Gasteiger charge is -2.61. The van der Waals surface area contributed by atoms with Gasteiger partial charge >= 0.3 is 0 Å². The van der Waals surface area contributed by atoms with Crippen molar-refractivity contribution in [2.45, 2.75) is 0 Å². The highest BCUT2D eigenvalue weighted by Crippen LogP contribution is 2.21. The molecule has 0 aliphatic carbocycles. The van der Waals surface area contributed by atoms with Gasteiger partial charge in [-0.25, -0.2) is 0 Å². The van der Waals surface area contributed by atoms with Crippen LogP contribution in [-0.2, 0) is 0 Å². The van der Waals surface area contributed by atoms with E-state index in [1.807, 2.05) is 0 Å². The monoisotopic (exact) mass is 528 g/mol. The summed E-state index contributed by atoms with van der Waals surface area (Å²) in [5, 5.41) is 0. The lowest BCUT2D eigenvalue weighted by molar-refractivity contribution is 3.19. The van der Waals surface area contributed by atoms with Crippen molar-refractivity contribution in [1.29, 1.82) is 0 Å². The van der Waals surface area contributed by atoms with Gasteiger partial charge in [0.1, 0.15) is 0 Å². The van der Waals surface area contributed by atoms with Crippen LogP contribution >= 0.6 is 0 Å². The van der Waals surface area contributed by atoms with Crippen molar-refractivity contribution in [3.05, 3.63) is 0 Å². The van der Waals surface area contributed by atoms with Gasteiger partial charge in [0.25, 0.3) is 0 Å². The molecule has 0 saturated heterocycles. The van der Waals surface area contributed by atoms with Gasteiger partial charge in [-0.2, -0.15) is 0 Å². The highest BCUT2D eigenvalue weighted by Gasteiger charge is 2.58. The fourth-order valence-corrected chi connectivity index (χ4v) is 7.95. The van der Waals surface area contributed by atoms with E-state index in [-0.39, 0.29) is 0 Å². The smallest absolute Gasteiger partial charge is 0.000000000000163 e. The zero-order chi connectivity index (χ0) is 38.3. The Morgan fingerprint density at radius 3 is 0.521 bits per heavy atom. The van der Waals surface area contributed by atoms with Crippen molar-refractivity contribution in [3.63, 3.8) is 0 Å². The van der Waals surface area contributed by atoms with E-state index in [0.717, 1.165) is 0 Å².